The van der Waals surface area contributed by atoms with Crippen molar-refractivity contribution in [1.29, 1.82) is 0 Å². The van der Waals surface area contributed by atoms with Crippen molar-refractivity contribution in [3.05, 3.63) is 22.7 Å². The molecule has 1 aliphatic rings. The predicted octanol–water partition coefficient (Wildman–Crippen LogP) is 2.22. The van der Waals surface area contributed by atoms with Crippen LogP contribution in [0.4, 0.5) is 5.69 Å². The molecule has 0 saturated carbocycles. The third-order valence-corrected chi connectivity index (χ3v) is 5.92. The molecule has 0 aliphatic carbocycles. The van der Waals surface area contributed by atoms with Gasteiger partial charge in [-0.2, -0.15) is 4.31 Å². The van der Waals surface area contributed by atoms with Gasteiger partial charge in [0.05, 0.1) is 18.4 Å². The zero-order valence-electron chi connectivity index (χ0n) is 11.5. The topological polar surface area (TPSA) is 72.6 Å². The Morgan fingerprint density at radius 1 is 1.50 bits per heavy atom. The molecule has 2 rings (SSSR count). The van der Waals surface area contributed by atoms with Gasteiger partial charge in [-0.05, 0) is 31.5 Å². The lowest BCUT2D eigenvalue weighted by molar-refractivity contribution is -0.0230. The first-order chi connectivity index (χ1) is 9.36. The number of morpholine rings is 1. The average Bonchev–Trinajstić information content (AvgIpc) is 2.41. The number of sulfonamides is 1. The molecule has 1 fully saturated rings. The van der Waals surface area contributed by atoms with E-state index in [9.17, 15) is 8.42 Å². The Labute approximate surface area is 128 Å². The van der Waals surface area contributed by atoms with Gasteiger partial charge in [0.1, 0.15) is 4.90 Å². The van der Waals surface area contributed by atoms with Crippen molar-refractivity contribution in [1.82, 2.24) is 4.31 Å². The Hall–Kier alpha value is -0.630. The van der Waals surface area contributed by atoms with Crippen LogP contribution in [-0.4, -0.2) is 38.0 Å². The van der Waals surface area contributed by atoms with Crippen molar-refractivity contribution in [2.75, 3.05) is 18.9 Å². The molecule has 2 N–H and O–H groups in total. The minimum Gasteiger partial charge on any atom is -0.398 e. The van der Waals surface area contributed by atoms with E-state index in [1.54, 1.807) is 18.2 Å². The molecule has 0 spiro atoms. The molecular formula is C13H19BrN2O3S. The average molecular weight is 363 g/mol. The molecule has 0 amide bonds. The number of nitrogens with zero attached hydrogens (tertiary/aromatic N) is 1. The molecule has 1 saturated heterocycles. The molecule has 1 aromatic rings. The molecule has 1 aromatic carbocycles. The fourth-order valence-electron chi connectivity index (χ4n) is 2.29. The third kappa shape index (κ3) is 3.00. The van der Waals surface area contributed by atoms with Crippen LogP contribution >= 0.6 is 15.9 Å². The summed E-state index contributed by atoms with van der Waals surface area (Å²) < 4.78 is 33.4. The first-order valence-electron chi connectivity index (χ1n) is 6.54. The highest BCUT2D eigenvalue weighted by molar-refractivity contribution is 9.10. The summed E-state index contributed by atoms with van der Waals surface area (Å²) in [5.74, 6) is 0. The van der Waals surface area contributed by atoms with E-state index in [2.05, 4.69) is 15.9 Å². The van der Waals surface area contributed by atoms with E-state index in [1.165, 1.54) is 4.31 Å². The Morgan fingerprint density at radius 2 is 2.20 bits per heavy atom. The maximum atomic E-state index is 12.8. The Balaban J connectivity index is 2.44. The van der Waals surface area contributed by atoms with Gasteiger partial charge in [0.15, 0.2) is 0 Å². The normalized spacial score (nSPS) is 24.8. The Morgan fingerprint density at radius 3 is 2.85 bits per heavy atom. The van der Waals surface area contributed by atoms with Crippen molar-refractivity contribution in [2.24, 2.45) is 0 Å². The zero-order chi connectivity index (χ0) is 14.9. The Kier molecular flexibility index (Phi) is 4.73. The van der Waals surface area contributed by atoms with Crippen LogP contribution in [0, 0.1) is 0 Å². The maximum Gasteiger partial charge on any atom is 0.245 e. The van der Waals surface area contributed by atoms with Gasteiger partial charge in [-0.25, -0.2) is 8.42 Å². The van der Waals surface area contributed by atoms with Crippen LogP contribution in [0.1, 0.15) is 20.3 Å². The van der Waals surface area contributed by atoms with Crippen LogP contribution in [0.25, 0.3) is 0 Å². The molecule has 0 radical (unpaired) electrons. The largest absolute Gasteiger partial charge is 0.398 e. The van der Waals surface area contributed by atoms with Crippen LogP contribution in [0.3, 0.4) is 0 Å². The quantitative estimate of drug-likeness (QED) is 0.836. The second-order valence-electron chi connectivity index (χ2n) is 4.96. The number of anilines is 1. The second-order valence-corrected chi connectivity index (χ2v) is 7.74. The second kappa shape index (κ2) is 6.01. The number of nitrogens with two attached hydrogens (primary N) is 1. The summed E-state index contributed by atoms with van der Waals surface area (Å²) in [7, 11) is -3.61. The highest BCUT2D eigenvalue weighted by Gasteiger charge is 2.36. The summed E-state index contributed by atoms with van der Waals surface area (Å²) in [6.45, 7) is 4.60. The molecule has 5 nitrogen and oxygen atoms in total. The van der Waals surface area contributed by atoms with Gasteiger partial charge >= 0.3 is 0 Å². The molecule has 0 aromatic heterocycles. The molecule has 20 heavy (non-hydrogen) atoms. The summed E-state index contributed by atoms with van der Waals surface area (Å²) in [6.07, 6.45) is 0.598. The molecule has 0 bridgehead atoms. The maximum absolute atomic E-state index is 12.8. The predicted molar refractivity (Wildman–Crippen MR) is 81.9 cm³/mol. The van der Waals surface area contributed by atoms with Crippen LogP contribution < -0.4 is 5.73 Å². The van der Waals surface area contributed by atoms with Crippen molar-refractivity contribution in [3.8, 4) is 0 Å². The van der Waals surface area contributed by atoms with Gasteiger partial charge in [-0.3, -0.25) is 0 Å². The van der Waals surface area contributed by atoms with E-state index in [-0.39, 0.29) is 22.7 Å². The summed E-state index contributed by atoms with van der Waals surface area (Å²) in [5.41, 5.74) is 6.11. The number of benzene rings is 1. The molecule has 2 unspecified atom stereocenters. The van der Waals surface area contributed by atoms with E-state index >= 15 is 0 Å². The van der Waals surface area contributed by atoms with Gasteiger partial charge in [0.2, 0.25) is 10.0 Å². The lowest BCUT2D eigenvalue weighted by Crippen LogP contribution is -2.51. The van der Waals surface area contributed by atoms with Gasteiger partial charge in [0.25, 0.3) is 0 Å². The summed E-state index contributed by atoms with van der Waals surface area (Å²) in [5, 5.41) is 0. The van der Waals surface area contributed by atoms with E-state index in [1.807, 2.05) is 13.8 Å². The molecule has 1 heterocycles. The zero-order valence-corrected chi connectivity index (χ0v) is 13.9. The van der Waals surface area contributed by atoms with Gasteiger partial charge in [-0.15, -0.1) is 0 Å². The molecule has 1 aliphatic heterocycles. The minimum atomic E-state index is -3.61. The number of nitrogen functional groups attached to an aromatic ring is 1. The number of halogens is 1. The molecule has 112 valence electrons. The fourth-order valence-corrected chi connectivity index (χ4v) is 4.70. The third-order valence-electron chi connectivity index (χ3n) is 3.45. The van der Waals surface area contributed by atoms with Crippen molar-refractivity contribution in [2.45, 2.75) is 37.3 Å². The standard InChI is InChI=1S/C13H19BrN2O3S/c1-3-11-8-19-9(2)7-16(11)20(17,18)13-6-10(14)4-5-12(13)15/h4-6,9,11H,3,7-8,15H2,1-2H3. The van der Waals surface area contributed by atoms with E-state index < -0.39 is 10.0 Å². The van der Waals surface area contributed by atoms with Crippen molar-refractivity contribution >= 4 is 31.6 Å². The first-order valence-corrected chi connectivity index (χ1v) is 8.78. The molecular weight excluding hydrogens is 344 g/mol. The minimum absolute atomic E-state index is 0.110. The number of hydrogen-bond acceptors (Lipinski definition) is 4. The van der Waals surface area contributed by atoms with Gasteiger partial charge < -0.3 is 10.5 Å². The number of ether oxygens (including phenoxy) is 1. The van der Waals surface area contributed by atoms with Crippen LogP contribution in [0.5, 0.6) is 0 Å². The van der Waals surface area contributed by atoms with Crippen molar-refractivity contribution < 1.29 is 13.2 Å². The number of rotatable bonds is 3. The van der Waals surface area contributed by atoms with Gasteiger partial charge in [-0.1, -0.05) is 22.9 Å². The van der Waals surface area contributed by atoms with E-state index in [0.29, 0.717) is 24.0 Å². The SMILES string of the molecule is CCC1COC(C)CN1S(=O)(=O)c1cc(Br)ccc1N. The Bertz CT molecular complexity index is 591. The molecule has 2 atom stereocenters. The summed E-state index contributed by atoms with van der Waals surface area (Å²) >= 11 is 3.29. The number of hydrogen-bond donors (Lipinski definition) is 1. The first kappa shape index (κ1) is 15.8. The fraction of sp³-hybridized carbons (Fsp3) is 0.538. The highest BCUT2D eigenvalue weighted by Crippen LogP contribution is 2.29. The lowest BCUT2D eigenvalue weighted by Gasteiger charge is -2.37. The monoisotopic (exact) mass is 362 g/mol. The van der Waals surface area contributed by atoms with E-state index in [0.717, 1.165) is 0 Å². The summed E-state index contributed by atoms with van der Waals surface area (Å²) in [4.78, 5) is 0.152. The smallest absolute Gasteiger partial charge is 0.245 e. The molecule has 7 heteroatoms. The highest BCUT2D eigenvalue weighted by atomic mass is 79.9. The van der Waals surface area contributed by atoms with Crippen molar-refractivity contribution in [3.63, 3.8) is 0 Å². The lowest BCUT2D eigenvalue weighted by atomic mass is 10.2. The van der Waals surface area contributed by atoms with Gasteiger partial charge in [0, 0.05) is 17.1 Å². The van der Waals surface area contributed by atoms with E-state index in [4.69, 9.17) is 10.5 Å². The van der Waals surface area contributed by atoms with Crippen LogP contribution in [0.2, 0.25) is 0 Å². The van der Waals surface area contributed by atoms with Crippen LogP contribution in [-0.2, 0) is 14.8 Å². The van der Waals surface area contributed by atoms with Crippen LogP contribution in [0.15, 0.2) is 27.6 Å². The summed E-state index contributed by atoms with van der Waals surface area (Å²) in [6, 6.07) is 4.74.